The molecule has 1 aromatic carbocycles. The quantitative estimate of drug-likeness (QED) is 0.784. The van der Waals surface area contributed by atoms with E-state index in [1.807, 2.05) is 0 Å². The SMILES string of the molecule is C=CC(=O)NCC/C(=C\c1cccc(F)c1C)C(=O)O. The first-order valence-corrected chi connectivity index (χ1v) is 6.05. The van der Waals surface area contributed by atoms with Gasteiger partial charge in [-0.2, -0.15) is 0 Å². The molecule has 5 heteroatoms. The van der Waals surface area contributed by atoms with Crippen LogP contribution in [0.5, 0.6) is 0 Å². The Morgan fingerprint density at radius 2 is 2.15 bits per heavy atom. The van der Waals surface area contributed by atoms with E-state index in [0.717, 1.165) is 6.08 Å². The number of carbonyl (C=O) groups is 2. The number of amides is 1. The maximum Gasteiger partial charge on any atom is 0.331 e. The molecule has 0 heterocycles. The first-order chi connectivity index (χ1) is 9.45. The number of nitrogens with one attached hydrogen (secondary N) is 1. The first kappa shape index (κ1) is 15.6. The lowest BCUT2D eigenvalue weighted by Crippen LogP contribution is -2.23. The molecule has 0 saturated heterocycles. The lowest BCUT2D eigenvalue weighted by molar-refractivity contribution is -0.132. The number of halogens is 1. The number of hydrogen-bond donors (Lipinski definition) is 2. The summed E-state index contributed by atoms with van der Waals surface area (Å²) in [6.07, 6.45) is 2.67. The van der Waals surface area contributed by atoms with E-state index in [2.05, 4.69) is 11.9 Å². The summed E-state index contributed by atoms with van der Waals surface area (Å²) in [4.78, 5) is 22.1. The number of carboxylic acids is 1. The third kappa shape index (κ3) is 4.35. The zero-order chi connectivity index (χ0) is 15.1. The highest BCUT2D eigenvalue weighted by Gasteiger charge is 2.09. The normalized spacial score (nSPS) is 11.0. The van der Waals surface area contributed by atoms with E-state index in [4.69, 9.17) is 5.11 Å². The number of rotatable bonds is 6. The molecule has 106 valence electrons. The Kier molecular flexibility index (Phi) is 5.65. The highest BCUT2D eigenvalue weighted by molar-refractivity contribution is 5.92. The second-order valence-electron chi connectivity index (χ2n) is 4.17. The van der Waals surface area contributed by atoms with Gasteiger partial charge in [-0.25, -0.2) is 9.18 Å². The molecule has 1 rings (SSSR count). The second-order valence-corrected chi connectivity index (χ2v) is 4.17. The Hall–Kier alpha value is -2.43. The number of carbonyl (C=O) groups excluding carboxylic acids is 1. The average molecular weight is 277 g/mol. The lowest BCUT2D eigenvalue weighted by Gasteiger charge is -2.06. The minimum Gasteiger partial charge on any atom is -0.478 e. The molecular formula is C15H16FNO3. The molecule has 0 aliphatic heterocycles. The monoisotopic (exact) mass is 277 g/mol. The zero-order valence-corrected chi connectivity index (χ0v) is 11.1. The molecule has 0 radical (unpaired) electrons. The number of hydrogen-bond acceptors (Lipinski definition) is 2. The van der Waals surface area contributed by atoms with Crippen LogP contribution in [0.2, 0.25) is 0 Å². The summed E-state index contributed by atoms with van der Waals surface area (Å²) in [6, 6.07) is 4.48. The summed E-state index contributed by atoms with van der Waals surface area (Å²) >= 11 is 0. The van der Waals surface area contributed by atoms with Gasteiger partial charge in [-0.3, -0.25) is 4.79 Å². The van der Waals surface area contributed by atoms with E-state index in [0.29, 0.717) is 11.1 Å². The summed E-state index contributed by atoms with van der Waals surface area (Å²) in [5.41, 5.74) is 1.00. The van der Waals surface area contributed by atoms with Crippen LogP contribution in [0, 0.1) is 12.7 Å². The highest BCUT2D eigenvalue weighted by Crippen LogP contribution is 2.17. The molecule has 1 aromatic rings. The van der Waals surface area contributed by atoms with Crippen molar-refractivity contribution < 1.29 is 19.1 Å². The van der Waals surface area contributed by atoms with E-state index in [1.54, 1.807) is 13.0 Å². The van der Waals surface area contributed by atoms with Gasteiger partial charge in [-0.1, -0.05) is 18.7 Å². The molecule has 1 amide bonds. The van der Waals surface area contributed by atoms with E-state index in [-0.39, 0.29) is 30.3 Å². The number of aliphatic carboxylic acids is 1. The van der Waals surface area contributed by atoms with Crippen LogP contribution in [0.15, 0.2) is 36.4 Å². The van der Waals surface area contributed by atoms with Crippen LogP contribution in [-0.4, -0.2) is 23.5 Å². The number of benzene rings is 1. The van der Waals surface area contributed by atoms with Crippen LogP contribution < -0.4 is 5.32 Å². The lowest BCUT2D eigenvalue weighted by atomic mass is 10.0. The minimum atomic E-state index is -1.10. The Morgan fingerprint density at radius 1 is 1.45 bits per heavy atom. The van der Waals surface area contributed by atoms with Crippen molar-refractivity contribution >= 4 is 18.0 Å². The summed E-state index contributed by atoms with van der Waals surface area (Å²) in [5, 5.41) is 11.6. The third-order valence-corrected chi connectivity index (χ3v) is 2.79. The smallest absolute Gasteiger partial charge is 0.331 e. The Balaban J connectivity index is 2.87. The molecule has 0 aliphatic rings. The third-order valence-electron chi connectivity index (χ3n) is 2.79. The van der Waals surface area contributed by atoms with Crippen molar-refractivity contribution in [2.75, 3.05) is 6.54 Å². The van der Waals surface area contributed by atoms with Crippen LogP contribution in [0.1, 0.15) is 17.5 Å². The summed E-state index contributed by atoms with van der Waals surface area (Å²) < 4.78 is 13.4. The molecule has 20 heavy (non-hydrogen) atoms. The Labute approximate surface area is 116 Å². The standard InChI is InChI=1S/C15H16FNO3/c1-3-14(18)17-8-7-12(15(19)20)9-11-5-4-6-13(16)10(11)2/h3-6,9H,1,7-8H2,2H3,(H,17,18)(H,19,20)/b12-9+. The molecule has 0 bridgehead atoms. The fraction of sp³-hybridized carbons (Fsp3) is 0.200. The predicted octanol–water partition coefficient (Wildman–Crippen LogP) is 2.29. The highest BCUT2D eigenvalue weighted by atomic mass is 19.1. The molecule has 4 nitrogen and oxygen atoms in total. The van der Waals surface area contributed by atoms with Gasteiger partial charge >= 0.3 is 5.97 Å². The molecular weight excluding hydrogens is 261 g/mol. The Bertz CT molecular complexity index is 564. The van der Waals surface area contributed by atoms with Crippen molar-refractivity contribution in [2.24, 2.45) is 0 Å². The summed E-state index contributed by atoms with van der Waals surface area (Å²) in [6.45, 7) is 5.06. The van der Waals surface area contributed by atoms with Gasteiger partial charge in [0.2, 0.25) is 5.91 Å². The molecule has 0 unspecified atom stereocenters. The van der Waals surface area contributed by atoms with Crippen molar-refractivity contribution in [3.63, 3.8) is 0 Å². The summed E-state index contributed by atoms with van der Waals surface area (Å²) in [7, 11) is 0. The van der Waals surface area contributed by atoms with Gasteiger partial charge in [-0.05, 0) is 42.7 Å². The van der Waals surface area contributed by atoms with E-state index >= 15 is 0 Å². The van der Waals surface area contributed by atoms with E-state index in [9.17, 15) is 14.0 Å². The van der Waals surface area contributed by atoms with Crippen LogP contribution in [0.3, 0.4) is 0 Å². The van der Waals surface area contributed by atoms with Crippen LogP contribution in [-0.2, 0) is 9.59 Å². The van der Waals surface area contributed by atoms with Crippen molar-refractivity contribution in [1.29, 1.82) is 0 Å². The van der Waals surface area contributed by atoms with Crippen LogP contribution in [0.25, 0.3) is 6.08 Å². The molecule has 0 aliphatic carbocycles. The van der Waals surface area contributed by atoms with Crippen LogP contribution >= 0.6 is 0 Å². The fourth-order valence-corrected chi connectivity index (χ4v) is 1.60. The number of carboxylic acid groups (broad SMARTS) is 1. The Morgan fingerprint density at radius 3 is 2.75 bits per heavy atom. The van der Waals surface area contributed by atoms with E-state index < -0.39 is 5.97 Å². The van der Waals surface area contributed by atoms with Gasteiger partial charge in [0.05, 0.1) is 0 Å². The topological polar surface area (TPSA) is 66.4 Å². The van der Waals surface area contributed by atoms with Gasteiger partial charge in [0.15, 0.2) is 0 Å². The van der Waals surface area contributed by atoms with Crippen molar-refractivity contribution in [2.45, 2.75) is 13.3 Å². The molecule has 0 aromatic heterocycles. The fourth-order valence-electron chi connectivity index (χ4n) is 1.60. The zero-order valence-electron chi connectivity index (χ0n) is 11.1. The molecule has 0 saturated carbocycles. The largest absolute Gasteiger partial charge is 0.478 e. The van der Waals surface area contributed by atoms with Crippen molar-refractivity contribution in [3.05, 3.63) is 53.4 Å². The van der Waals surface area contributed by atoms with Gasteiger partial charge in [0, 0.05) is 12.1 Å². The van der Waals surface area contributed by atoms with Crippen LogP contribution in [0.4, 0.5) is 4.39 Å². The maximum atomic E-state index is 13.4. The maximum absolute atomic E-state index is 13.4. The van der Waals surface area contributed by atoms with Gasteiger partial charge in [0.25, 0.3) is 0 Å². The van der Waals surface area contributed by atoms with Gasteiger partial charge in [-0.15, -0.1) is 0 Å². The minimum absolute atomic E-state index is 0.100. The van der Waals surface area contributed by atoms with Crippen molar-refractivity contribution in [1.82, 2.24) is 5.32 Å². The molecule has 0 atom stereocenters. The molecule has 0 fully saturated rings. The first-order valence-electron chi connectivity index (χ1n) is 6.05. The van der Waals surface area contributed by atoms with Crippen molar-refractivity contribution in [3.8, 4) is 0 Å². The average Bonchev–Trinajstić information content (AvgIpc) is 2.41. The molecule has 2 N–H and O–H groups in total. The van der Waals surface area contributed by atoms with Gasteiger partial charge < -0.3 is 10.4 Å². The predicted molar refractivity (Wildman–Crippen MR) is 74.6 cm³/mol. The van der Waals surface area contributed by atoms with E-state index in [1.165, 1.54) is 18.2 Å². The van der Waals surface area contributed by atoms with Gasteiger partial charge in [0.1, 0.15) is 5.82 Å². The molecule has 0 spiro atoms. The summed E-state index contributed by atoms with van der Waals surface area (Å²) in [5.74, 6) is -1.85. The second kappa shape index (κ2) is 7.23.